The van der Waals surface area contributed by atoms with Crippen LogP contribution in [0.4, 0.5) is 0 Å². The van der Waals surface area contributed by atoms with E-state index in [0.717, 1.165) is 25.9 Å². The van der Waals surface area contributed by atoms with Crippen molar-refractivity contribution < 1.29 is 5.11 Å². The van der Waals surface area contributed by atoms with Gasteiger partial charge >= 0.3 is 0 Å². The summed E-state index contributed by atoms with van der Waals surface area (Å²) >= 11 is 0. The van der Waals surface area contributed by atoms with Gasteiger partial charge in [-0.25, -0.2) is 0 Å². The molecule has 0 aliphatic carbocycles. The van der Waals surface area contributed by atoms with Crippen molar-refractivity contribution in [3.8, 4) is 0 Å². The number of hydrogen-bond donors (Lipinski definition) is 2. The van der Waals surface area contributed by atoms with Crippen molar-refractivity contribution in [2.45, 2.75) is 18.9 Å². The van der Waals surface area contributed by atoms with Gasteiger partial charge < -0.3 is 10.4 Å². The Morgan fingerprint density at radius 1 is 1.58 bits per heavy atom. The first-order valence-corrected chi connectivity index (χ1v) is 4.24. The van der Waals surface area contributed by atoms with E-state index in [1.165, 1.54) is 0 Å². The van der Waals surface area contributed by atoms with E-state index in [2.05, 4.69) is 15.3 Å². The average Bonchev–Trinajstić information content (AvgIpc) is 2.15. The van der Waals surface area contributed by atoms with E-state index in [1.807, 2.05) is 0 Å². The number of rotatable bonds is 3. The van der Waals surface area contributed by atoms with Gasteiger partial charge in [-0.15, -0.1) is 0 Å². The summed E-state index contributed by atoms with van der Waals surface area (Å²) in [6, 6.07) is 0. The van der Waals surface area contributed by atoms with E-state index < -0.39 is 6.10 Å². The normalized spacial score (nSPS) is 21.4. The Morgan fingerprint density at radius 3 is 2.83 bits per heavy atom. The molecule has 1 rings (SSSR count). The fourth-order valence-electron chi connectivity index (χ4n) is 1.50. The Bertz CT molecular complexity index is 172. The molecule has 12 heavy (non-hydrogen) atoms. The molecule has 5 heteroatoms. The van der Waals surface area contributed by atoms with Gasteiger partial charge in [0.2, 0.25) is 0 Å². The molecule has 0 bridgehead atoms. The van der Waals surface area contributed by atoms with Gasteiger partial charge in [0.05, 0.1) is 12.6 Å². The second kappa shape index (κ2) is 4.98. The topological polar surface area (TPSA) is 81.0 Å². The van der Waals surface area contributed by atoms with Crippen LogP contribution in [0.5, 0.6) is 0 Å². The fourth-order valence-corrected chi connectivity index (χ4v) is 1.50. The van der Waals surface area contributed by atoms with Gasteiger partial charge in [-0.1, -0.05) is 5.11 Å². The molecule has 1 unspecified atom stereocenters. The highest BCUT2D eigenvalue weighted by molar-refractivity contribution is 4.76. The van der Waals surface area contributed by atoms with Gasteiger partial charge in [-0.2, -0.15) is 0 Å². The molecule has 1 saturated heterocycles. The van der Waals surface area contributed by atoms with Crippen LogP contribution in [-0.2, 0) is 0 Å². The number of nitrogens with zero attached hydrogens (tertiary/aromatic N) is 3. The molecule has 1 atom stereocenters. The van der Waals surface area contributed by atoms with Crippen LogP contribution >= 0.6 is 0 Å². The highest BCUT2D eigenvalue weighted by Crippen LogP contribution is 2.16. The predicted molar refractivity (Wildman–Crippen MR) is 45.6 cm³/mol. The molecule has 68 valence electrons. The molecule has 1 aliphatic rings. The molecular weight excluding hydrogens is 156 g/mol. The Kier molecular flexibility index (Phi) is 3.87. The SMILES string of the molecule is [N-]=[N+]=NCC(O)C1CCNCC1. The van der Waals surface area contributed by atoms with Crippen LogP contribution < -0.4 is 5.32 Å². The maximum Gasteiger partial charge on any atom is 0.0625 e. The van der Waals surface area contributed by atoms with E-state index in [9.17, 15) is 5.11 Å². The third-order valence-electron chi connectivity index (χ3n) is 2.26. The molecule has 2 N–H and O–H groups in total. The van der Waals surface area contributed by atoms with Crippen molar-refractivity contribution in [2.24, 2.45) is 11.0 Å². The summed E-state index contributed by atoms with van der Waals surface area (Å²) in [6.45, 7) is 2.12. The summed E-state index contributed by atoms with van der Waals surface area (Å²) in [4.78, 5) is 2.62. The molecule has 0 spiro atoms. The van der Waals surface area contributed by atoms with Gasteiger partial charge in [0.15, 0.2) is 0 Å². The first-order valence-electron chi connectivity index (χ1n) is 4.24. The standard InChI is InChI=1S/C7H14N4O/c8-11-10-5-7(12)6-1-3-9-4-2-6/h6-7,9,12H,1-5H2. The zero-order valence-corrected chi connectivity index (χ0v) is 6.98. The number of aliphatic hydroxyl groups is 1. The van der Waals surface area contributed by atoms with Crippen molar-refractivity contribution in [1.29, 1.82) is 0 Å². The summed E-state index contributed by atoms with van der Waals surface area (Å²) < 4.78 is 0. The lowest BCUT2D eigenvalue weighted by Gasteiger charge is -2.26. The Hall–Kier alpha value is -0.770. The number of piperidine rings is 1. The van der Waals surface area contributed by atoms with Crippen molar-refractivity contribution in [2.75, 3.05) is 19.6 Å². The summed E-state index contributed by atoms with van der Waals surface area (Å²) in [5.41, 5.74) is 8.05. The third-order valence-corrected chi connectivity index (χ3v) is 2.26. The number of azide groups is 1. The molecule has 1 heterocycles. The van der Waals surface area contributed by atoms with Gasteiger partial charge in [0.1, 0.15) is 0 Å². The van der Waals surface area contributed by atoms with E-state index in [0.29, 0.717) is 5.92 Å². The van der Waals surface area contributed by atoms with E-state index in [1.54, 1.807) is 0 Å². The monoisotopic (exact) mass is 170 g/mol. The van der Waals surface area contributed by atoms with Crippen molar-refractivity contribution in [3.05, 3.63) is 10.4 Å². The maximum atomic E-state index is 9.51. The number of aliphatic hydroxyl groups excluding tert-OH is 1. The van der Waals surface area contributed by atoms with Crippen LogP contribution in [0.1, 0.15) is 12.8 Å². The van der Waals surface area contributed by atoms with Gasteiger partial charge in [-0.05, 0) is 37.4 Å². The third kappa shape index (κ3) is 2.70. The number of nitrogens with one attached hydrogen (secondary N) is 1. The highest BCUT2D eigenvalue weighted by atomic mass is 16.3. The van der Waals surface area contributed by atoms with Gasteiger partial charge in [0, 0.05) is 4.91 Å². The fraction of sp³-hybridized carbons (Fsp3) is 1.00. The zero-order valence-electron chi connectivity index (χ0n) is 6.98. The molecule has 0 amide bonds. The lowest BCUT2D eigenvalue weighted by atomic mass is 9.92. The van der Waals surface area contributed by atoms with E-state index in [-0.39, 0.29) is 6.54 Å². The zero-order chi connectivity index (χ0) is 8.81. The minimum absolute atomic E-state index is 0.209. The average molecular weight is 170 g/mol. The minimum atomic E-state index is -0.456. The van der Waals surface area contributed by atoms with Crippen LogP contribution in [0.15, 0.2) is 5.11 Å². The summed E-state index contributed by atoms with van der Waals surface area (Å²) in [5.74, 6) is 0.303. The molecule has 0 aromatic rings. The molecule has 5 nitrogen and oxygen atoms in total. The highest BCUT2D eigenvalue weighted by Gasteiger charge is 2.20. The largest absolute Gasteiger partial charge is 0.393 e. The molecule has 0 aromatic carbocycles. The van der Waals surface area contributed by atoms with Gasteiger partial charge in [0.25, 0.3) is 0 Å². The van der Waals surface area contributed by atoms with E-state index >= 15 is 0 Å². The molecule has 1 fully saturated rings. The van der Waals surface area contributed by atoms with Crippen LogP contribution in [0.2, 0.25) is 0 Å². The maximum absolute atomic E-state index is 9.51. The quantitative estimate of drug-likeness (QED) is 0.370. The van der Waals surface area contributed by atoms with Crippen LogP contribution in [0.3, 0.4) is 0 Å². The van der Waals surface area contributed by atoms with Crippen molar-refractivity contribution in [1.82, 2.24) is 5.32 Å². The van der Waals surface area contributed by atoms with Crippen LogP contribution in [0.25, 0.3) is 10.4 Å². The second-order valence-corrected chi connectivity index (χ2v) is 3.07. The molecule has 0 radical (unpaired) electrons. The molecular formula is C7H14N4O. The van der Waals surface area contributed by atoms with Crippen LogP contribution in [0, 0.1) is 5.92 Å². The Balaban J connectivity index is 2.28. The molecule has 1 aliphatic heterocycles. The lowest BCUT2D eigenvalue weighted by molar-refractivity contribution is 0.0962. The first-order chi connectivity index (χ1) is 5.84. The van der Waals surface area contributed by atoms with Crippen molar-refractivity contribution >= 4 is 0 Å². The summed E-state index contributed by atoms with van der Waals surface area (Å²) in [5, 5.41) is 16.1. The Labute approximate surface area is 71.4 Å². The van der Waals surface area contributed by atoms with E-state index in [4.69, 9.17) is 5.53 Å². The van der Waals surface area contributed by atoms with Gasteiger partial charge in [-0.3, -0.25) is 0 Å². The predicted octanol–water partition coefficient (Wildman–Crippen LogP) is 0.657. The second-order valence-electron chi connectivity index (χ2n) is 3.07. The summed E-state index contributed by atoms with van der Waals surface area (Å²) in [6.07, 6.45) is 1.49. The van der Waals surface area contributed by atoms with Crippen molar-refractivity contribution in [3.63, 3.8) is 0 Å². The first kappa shape index (κ1) is 9.32. The molecule has 0 aromatic heterocycles. The smallest absolute Gasteiger partial charge is 0.0625 e. The lowest BCUT2D eigenvalue weighted by Crippen LogP contribution is -2.35. The summed E-state index contributed by atoms with van der Waals surface area (Å²) in [7, 11) is 0. The minimum Gasteiger partial charge on any atom is -0.393 e. The molecule has 0 saturated carbocycles. The number of hydrogen-bond acceptors (Lipinski definition) is 3. The Morgan fingerprint density at radius 2 is 2.25 bits per heavy atom. The van der Waals surface area contributed by atoms with Crippen LogP contribution in [-0.4, -0.2) is 30.8 Å².